The van der Waals surface area contributed by atoms with E-state index in [1.54, 1.807) is 0 Å². The number of hydrogen-bond donors (Lipinski definition) is 2. The normalized spacial score (nSPS) is 10.8. The summed E-state index contributed by atoms with van der Waals surface area (Å²) < 4.78 is 6.62. The van der Waals surface area contributed by atoms with Gasteiger partial charge in [0.1, 0.15) is 0 Å². The maximum Gasteiger partial charge on any atom is 0.270 e. The lowest BCUT2D eigenvalue weighted by atomic mass is 10.1. The number of nitrogens with zero attached hydrogens (tertiary/aromatic N) is 4. The molecule has 0 radical (unpaired) electrons. The minimum atomic E-state index is 0.246. The Bertz CT molecular complexity index is 804. The first-order chi connectivity index (χ1) is 10.7. The van der Waals surface area contributed by atoms with Crippen LogP contribution in [0, 0.1) is 0 Å². The van der Waals surface area contributed by atoms with Gasteiger partial charge >= 0.3 is 0 Å². The summed E-state index contributed by atoms with van der Waals surface area (Å²) in [6, 6.07) is 5.86. The Hall–Kier alpha value is -2.32. The zero-order valence-corrected chi connectivity index (χ0v) is 13.3. The third-order valence-electron chi connectivity index (χ3n) is 3.02. The molecule has 0 aliphatic heterocycles. The average molecular weight is 361 g/mol. The van der Waals surface area contributed by atoms with E-state index in [-0.39, 0.29) is 11.7 Å². The Morgan fingerprint density at radius 3 is 2.68 bits per heavy atom. The Morgan fingerprint density at radius 2 is 1.95 bits per heavy atom. The van der Waals surface area contributed by atoms with Gasteiger partial charge in [0, 0.05) is 29.0 Å². The summed E-state index contributed by atoms with van der Waals surface area (Å²) in [5, 5.41) is 11.1. The van der Waals surface area contributed by atoms with E-state index in [9.17, 15) is 0 Å². The Kier molecular flexibility index (Phi) is 4.12. The Morgan fingerprint density at radius 1 is 1.18 bits per heavy atom. The van der Waals surface area contributed by atoms with Gasteiger partial charge in [0.05, 0.1) is 0 Å². The summed E-state index contributed by atoms with van der Waals surface area (Å²) >= 11 is 3.54. The van der Waals surface area contributed by atoms with E-state index >= 15 is 0 Å². The van der Waals surface area contributed by atoms with Gasteiger partial charge in [-0.15, -0.1) is 10.2 Å². The molecule has 0 aliphatic rings. The first-order valence-corrected chi connectivity index (χ1v) is 7.32. The van der Waals surface area contributed by atoms with Gasteiger partial charge in [0.15, 0.2) is 11.5 Å². The van der Waals surface area contributed by atoms with Crippen molar-refractivity contribution >= 4 is 21.7 Å². The predicted molar refractivity (Wildman–Crippen MR) is 85.6 cm³/mol. The van der Waals surface area contributed by atoms with E-state index in [4.69, 9.17) is 10.2 Å². The van der Waals surface area contributed by atoms with Crippen LogP contribution in [0.3, 0.4) is 0 Å². The van der Waals surface area contributed by atoms with Crippen LogP contribution in [0.25, 0.3) is 23.0 Å². The van der Waals surface area contributed by atoms with Gasteiger partial charge in [-0.05, 0) is 24.7 Å². The van der Waals surface area contributed by atoms with E-state index < -0.39 is 0 Å². The number of hydrogen-bond acceptors (Lipinski definition) is 7. The lowest BCUT2D eigenvalue weighted by Crippen LogP contribution is -2.05. The highest BCUT2D eigenvalue weighted by Crippen LogP contribution is 2.28. The quantitative estimate of drug-likeness (QED) is 0.735. The van der Waals surface area contributed by atoms with Crippen LogP contribution in [-0.2, 0) is 6.54 Å². The molecule has 0 saturated carbocycles. The molecule has 3 aromatic rings. The van der Waals surface area contributed by atoms with Crippen molar-refractivity contribution in [3.8, 4) is 23.0 Å². The molecule has 0 saturated heterocycles. The van der Waals surface area contributed by atoms with Crippen LogP contribution in [-0.4, -0.2) is 27.2 Å². The smallest absolute Gasteiger partial charge is 0.270 e. The maximum atomic E-state index is 5.76. The van der Waals surface area contributed by atoms with Crippen molar-refractivity contribution in [1.29, 1.82) is 0 Å². The highest BCUT2D eigenvalue weighted by atomic mass is 79.9. The van der Waals surface area contributed by atoms with E-state index in [0.29, 0.717) is 11.6 Å². The summed E-state index contributed by atoms with van der Waals surface area (Å²) in [6.45, 7) is 0.770. The van der Waals surface area contributed by atoms with Crippen LogP contribution >= 0.6 is 15.9 Å². The van der Waals surface area contributed by atoms with Gasteiger partial charge in [-0.3, -0.25) is 0 Å². The van der Waals surface area contributed by atoms with Crippen molar-refractivity contribution in [2.75, 3.05) is 12.8 Å². The Balaban J connectivity index is 1.94. The molecule has 0 unspecified atom stereocenters. The highest BCUT2D eigenvalue weighted by molar-refractivity contribution is 9.10. The summed E-state index contributed by atoms with van der Waals surface area (Å²) in [5.74, 6) is 0.899. The van der Waals surface area contributed by atoms with Crippen molar-refractivity contribution in [3.05, 3.63) is 40.6 Å². The topological polar surface area (TPSA) is 103 Å². The standard InChI is InChI=1S/C14H13BrN6O/c1-17-7-9-3-2-8(6-10(9)15)13-20-21-14(22-13)11-12(16)19-5-4-18-11/h2-6,17H,7H2,1H3,(H2,16,19). The molecule has 0 bridgehead atoms. The molecule has 22 heavy (non-hydrogen) atoms. The van der Waals surface area contributed by atoms with Gasteiger partial charge in [-0.1, -0.05) is 22.0 Å². The van der Waals surface area contributed by atoms with E-state index in [1.165, 1.54) is 12.4 Å². The number of anilines is 1. The molecule has 2 aromatic heterocycles. The number of rotatable bonds is 4. The summed E-state index contributed by atoms with van der Waals surface area (Å²) in [5.41, 5.74) is 8.10. The largest absolute Gasteiger partial charge is 0.414 e. The second-order valence-electron chi connectivity index (χ2n) is 4.54. The molecule has 2 heterocycles. The van der Waals surface area contributed by atoms with Gasteiger partial charge in [0.2, 0.25) is 5.89 Å². The summed E-state index contributed by atoms with van der Waals surface area (Å²) in [4.78, 5) is 8.07. The number of halogens is 1. The zero-order chi connectivity index (χ0) is 15.5. The van der Waals surface area contributed by atoms with E-state index in [1.807, 2.05) is 25.2 Å². The van der Waals surface area contributed by atoms with Crippen molar-refractivity contribution in [2.24, 2.45) is 0 Å². The van der Waals surface area contributed by atoms with Crippen LogP contribution in [0.4, 0.5) is 5.82 Å². The second-order valence-corrected chi connectivity index (χ2v) is 5.39. The van der Waals surface area contributed by atoms with Crippen molar-refractivity contribution in [2.45, 2.75) is 6.54 Å². The first kappa shape index (κ1) is 14.6. The van der Waals surface area contributed by atoms with E-state index in [2.05, 4.69) is 41.4 Å². The number of benzene rings is 1. The minimum absolute atomic E-state index is 0.246. The summed E-state index contributed by atoms with van der Waals surface area (Å²) in [6.07, 6.45) is 3.03. The average Bonchev–Trinajstić information content (AvgIpc) is 2.99. The number of nitrogen functional groups attached to an aromatic ring is 1. The van der Waals surface area contributed by atoms with Gasteiger partial charge in [-0.2, -0.15) is 0 Å². The fourth-order valence-corrected chi connectivity index (χ4v) is 2.48. The van der Waals surface area contributed by atoms with Crippen LogP contribution in [0.1, 0.15) is 5.56 Å². The fourth-order valence-electron chi connectivity index (χ4n) is 1.96. The molecule has 0 aliphatic carbocycles. The van der Waals surface area contributed by atoms with Crippen molar-refractivity contribution in [3.63, 3.8) is 0 Å². The van der Waals surface area contributed by atoms with Crippen LogP contribution in [0.2, 0.25) is 0 Å². The molecule has 0 fully saturated rings. The lowest BCUT2D eigenvalue weighted by molar-refractivity contribution is 0.582. The molecule has 1 aromatic carbocycles. The molecular weight excluding hydrogens is 348 g/mol. The third kappa shape index (κ3) is 2.83. The molecule has 7 nitrogen and oxygen atoms in total. The van der Waals surface area contributed by atoms with Crippen LogP contribution in [0.5, 0.6) is 0 Å². The molecule has 112 valence electrons. The van der Waals surface area contributed by atoms with Crippen molar-refractivity contribution in [1.82, 2.24) is 25.5 Å². The Labute approximate surface area is 135 Å². The highest BCUT2D eigenvalue weighted by Gasteiger charge is 2.15. The maximum absolute atomic E-state index is 5.76. The molecule has 3 rings (SSSR count). The fraction of sp³-hybridized carbons (Fsp3) is 0.143. The minimum Gasteiger partial charge on any atom is -0.414 e. The summed E-state index contributed by atoms with van der Waals surface area (Å²) in [7, 11) is 1.90. The second kappa shape index (κ2) is 6.20. The molecule has 3 N–H and O–H groups in total. The number of aromatic nitrogens is 4. The predicted octanol–water partition coefficient (Wildman–Crippen LogP) is 2.26. The molecule has 0 amide bonds. The molecular formula is C14H13BrN6O. The van der Waals surface area contributed by atoms with Gasteiger partial charge in [0.25, 0.3) is 5.89 Å². The monoisotopic (exact) mass is 360 g/mol. The van der Waals surface area contributed by atoms with E-state index in [0.717, 1.165) is 22.1 Å². The number of nitrogens with two attached hydrogens (primary N) is 1. The first-order valence-electron chi connectivity index (χ1n) is 6.53. The van der Waals surface area contributed by atoms with Crippen LogP contribution < -0.4 is 11.1 Å². The molecule has 0 atom stereocenters. The molecule has 0 spiro atoms. The SMILES string of the molecule is CNCc1ccc(-c2nnc(-c3nccnc3N)o2)cc1Br. The van der Waals surface area contributed by atoms with Gasteiger partial charge in [-0.25, -0.2) is 9.97 Å². The zero-order valence-electron chi connectivity index (χ0n) is 11.7. The third-order valence-corrected chi connectivity index (χ3v) is 3.76. The van der Waals surface area contributed by atoms with Crippen LogP contribution in [0.15, 0.2) is 39.5 Å². The van der Waals surface area contributed by atoms with Crippen molar-refractivity contribution < 1.29 is 4.42 Å². The number of nitrogens with one attached hydrogen (secondary N) is 1. The lowest BCUT2D eigenvalue weighted by Gasteiger charge is -2.04. The molecule has 8 heteroatoms. The van der Waals surface area contributed by atoms with Gasteiger partial charge < -0.3 is 15.5 Å².